The van der Waals surface area contributed by atoms with Crippen LogP contribution in [0.25, 0.3) is 16.7 Å². The summed E-state index contributed by atoms with van der Waals surface area (Å²) in [5.74, 6) is 0.987. The Labute approximate surface area is 192 Å². The third-order valence-electron chi connectivity index (χ3n) is 5.76. The SMILES string of the molecule is CCc1cc(OCC(=O)NCCc2c(C)noc2C)nc2c1c(C)nn2-c1ccc(C)cc1. The van der Waals surface area contributed by atoms with Crippen molar-refractivity contribution >= 4 is 16.9 Å². The minimum Gasteiger partial charge on any atom is -0.468 e. The molecule has 0 saturated heterocycles. The molecule has 0 radical (unpaired) electrons. The average molecular weight is 448 g/mol. The number of hydrogen-bond donors (Lipinski definition) is 1. The van der Waals surface area contributed by atoms with Crippen LogP contribution in [0, 0.1) is 27.7 Å². The van der Waals surface area contributed by atoms with E-state index in [0.29, 0.717) is 18.8 Å². The van der Waals surface area contributed by atoms with Gasteiger partial charge in [-0.3, -0.25) is 4.79 Å². The summed E-state index contributed by atoms with van der Waals surface area (Å²) >= 11 is 0. The van der Waals surface area contributed by atoms with Crippen LogP contribution >= 0.6 is 0 Å². The smallest absolute Gasteiger partial charge is 0.258 e. The quantitative estimate of drug-likeness (QED) is 0.440. The summed E-state index contributed by atoms with van der Waals surface area (Å²) in [5.41, 5.74) is 6.72. The van der Waals surface area contributed by atoms with Crippen LogP contribution < -0.4 is 10.1 Å². The molecule has 0 bridgehead atoms. The maximum atomic E-state index is 12.3. The van der Waals surface area contributed by atoms with Crippen LogP contribution in [0.2, 0.25) is 0 Å². The molecular formula is C25H29N5O3. The molecule has 4 rings (SSSR count). The molecular weight excluding hydrogens is 418 g/mol. The number of benzene rings is 1. The van der Waals surface area contributed by atoms with Crippen molar-refractivity contribution in [3.8, 4) is 11.6 Å². The van der Waals surface area contributed by atoms with Crippen molar-refractivity contribution < 1.29 is 14.1 Å². The zero-order chi connectivity index (χ0) is 23.5. The van der Waals surface area contributed by atoms with E-state index >= 15 is 0 Å². The molecule has 3 aromatic heterocycles. The van der Waals surface area contributed by atoms with Gasteiger partial charge < -0.3 is 14.6 Å². The van der Waals surface area contributed by atoms with Crippen molar-refractivity contribution in [1.29, 1.82) is 0 Å². The second kappa shape index (κ2) is 9.44. The van der Waals surface area contributed by atoms with E-state index in [1.54, 1.807) is 0 Å². The second-order valence-electron chi connectivity index (χ2n) is 8.20. The molecule has 33 heavy (non-hydrogen) atoms. The van der Waals surface area contributed by atoms with Crippen molar-refractivity contribution in [3.63, 3.8) is 0 Å². The molecule has 8 nitrogen and oxygen atoms in total. The van der Waals surface area contributed by atoms with E-state index in [9.17, 15) is 4.79 Å². The molecule has 0 unspecified atom stereocenters. The molecule has 0 spiro atoms. The van der Waals surface area contributed by atoms with E-state index in [4.69, 9.17) is 19.3 Å². The Morgan fingerprint density at radius 1 is 1.12 bits per heavy atom. The number of nitrogens with one attached hydrogen (secondary N) is 1. The molecule has 0 aliphatic rings. The summed E-state index contributed by atoms with van der Waals surface area (Å²) in [7, 11) is 0. The summed E-state index contributed by atoms with van der Waals surface area (Å²) in [5, 5.41) is 12.6. The van der Waals surface area contributed by atoms with Crippen LogP contribution in [0.1, 0.15) is 40.8 Å². The first-order valence-electron chi connectivity index (χ1n) is 11.1. The number of pyridine rings is 1. The minimum atomic E-state index is -0.204. The number of carbonyl (C=O) groups excluding carboxylic acids is 1. The van der Waals surface area contributed by atoms with Gasteiger partial charge in [-0.25, -0.2) is 4.68 Å². The number of amides is 1. The Morgan fingerprint density at radius 2 is 1.88 bits per heavy atom. The highest BCUT2D eigenvalue weighted by molar-refractivity contribution is 5.84. The number of fused-ring (bicyclic) bond motifs is 1. The summed E-state index contributed by atoms with van der Waals surface area (Å²) in [4.78, 5) is 17.0. The Morgan fingerprint density at radius 3 is 2.55 bits per heavy atom. The molecule has 0 fully saturated rings. The van der Waals surface area contributed by atoms with Crippen LogP contribution in [0.15, 0.2) is 34.9 Å². The molecule has 8 heteroatoms. The first-order valence-corrected chi connectivity index (χ1v) is 11.1. The fraction of sp³-hybridized carbons (Fsp3) is 0.360. The highest BCUT2D eigenvalue weighted by Crippen LogP contribution is 2.27. The lowest BCUT2D eigenvalue weighted by Gasteiger charge is -2.10. The Balaban J connectivity index is 1.49. The van der Waals surface area contributed by atoms with Crippen molar-refractivity contribution in [2.45, 2.75) is 47.5 Å². The average Bonchev–Trinajstić information content (AvgIpc) is 3.31. The molecule has 1 amide bonds. The molecule has 0 aliphatic carbocycles. The predicted molar refractivity (Wildman–Crippen MR) is 126 cm³/mol. The second-order valence-corrected chi connectivity index (χ2v) is 8.20. The third-order valence-corrected chi connectivity index (χ3v) is 5.76. The molecule has 0 aliphatic heterocycles. The first-order chi connectivity index (χ1) is 15.9. The fourth-order valence-corrected chi connectivity index (χ4v) is 3.95. The minimum absolute atomic E-state index is 0.110. The molecule has 172 valence electrons. The van der Waals surface area contributed by atoms with Gasteiger partial charge in [-0.15, -0.1) is 0 Å². The standard InChI is InChI=1S/C25H29N5O3/c1-6-19-13-23(32-14-22(31)26-12-11-21-16(3)29-33-18(21)5)27-25-24(19)17(4)28-30(25)20-9-7-15(2)8-10-20/h7-10,13H,6,11-12,14H2,1-5H3,(H,26,31). The maximum Gasteiger partial charge on any atom is 0.258 e. The highest BCUT2D eigenvalue weighted by Gasteiger charge is 2.17. The number of ether oxygens (including phenoxy) is 1. The highest BCUT2D eigenvalue weighted by atomic mass is 16.5. The monoisotopic (exact) mass is 447 g/mol. The lowest BCUT2D eigenvalue weighted by atomic mass is 10.1. The lowest BCUT2D eigenvalue weighted by molar-refractivity contribution is -0.123. The van der Waals surface area contributed by atoms with Gasteiger partial charge in [0.2, 0.25) is 5.88 Å². The van der Waals surface area contributed by atoms with Gasteiger partial charge in [0.15, 0.2) is 12.3 Å². The van der Waals surface area contributed by atoms with Gasteiger partial charge in [0, 0.05) is 23.6 Å². The van der Waals surface area contributed by atoms with Gasteiger partial charge in [0.05, 0.1) is 17.1 Å². The van der Waals surface area contributed by atoms with E-state index in [2.05, 4.69) is 24.3 Å². The van der Waals surface area contributed by atoms with Gasteiger partial charge in [-0.05, 0) is 58.2 Å². The molecule has 1 aromatic carbocycles. The largest absolute Gasteiger partial charge is 0.468 e. The fourth-order valence-electron chi connectivity index (χ4n) is 3.95. The first kappa shape index (κ1) is 22.5. The summed E-state index contributed by atoms with van der Waals surface area (Å²) in [6.07, 6.45) is 1.46. The molecule has 1 N–H and O–H groups in total. The van der Waals surface area contributed by atoms with Crippen LogP contribution in [0.5, 0.6) is 5.88 Å². The van der Waals surface area contributed by atoms with E-state index in [1.807, 2.05) is 55.8 Å². The van der Waals surface area contributed by atoms with Crippen molar-refractivity contribution in [2.75, 3.05) is 13.2 Å². The molecule has 0 atom stereocenters. The van der Waals surface area contributed by atoms with Crippen LogP contribution in [0.3, 0.4) is 0 Å². The van der Waals surface area contributed by atoms with Crippen LogP contribution in [-0.4, -0.2) is 39.0 Å². The Kier molecular flexibility index (Phi) is 6.44. The number of carbonyl (C=O) groups is 1. The zero-order valence-electron chi connectivity index (χ0n) is 19.7. The molecule has 0 saturated carbocycles. The van der Waals surface area contributed by atoms with Crippen molar-refractivity contribution in [3.05, 3.63) is 64.2 Å². The molecule has 3 heterocycles. The van der Waals surface area contributed by atoms with Gasteiger partial charge in [0.1, 0.15) is 5.76 Å². The Hall–Kier alpha value is -3.68. The van der Waals surface area contributed by atoms with Gasteiger partial charge in [0.25, 0.3) is 5.91 Å². The van der Waals surface area contributed by atoms with Crippen LogP contribution in [-0.2, 0) is 17.6 Å². The van der Waals surface area contributed by atoms with Gasteiger partial charge in [-0.2, -0.15) is 10.1 Å². The summed E-state index contributed by atoms with van der Waals surface area (Å²) in [6, 6.07) is 10.0. The van der Waals surface area contributed by atoms with E-state index in [1.165, 1.54) is 5.56 Å². The number of nitrogens with zero attached hydrogens (tertiary/aromatic N) is 4. The summed E-state index contributed by atoms with van der Waals surface area (Å²) < 4.78 is 12.8. The normalized spacial score (nSPS) is 11.2. The molecule has 4 aromatic rings. The topological polar surface area (TPSA) is 95.1 Å². The zero-order valence-corrected chi connectivity index (χ0v) is 19.7. The van der Waals surface area contributed by atoms with E-state index < -0.39 is 0 Å². The van der Waals surface area contributed by atoms with Crippen LogP contribution in [0.4, 0.5) is 0 Å². The van der Waals surface area contributed by atoms with E-state index in [0.717, 1.165) is 51.4 Å². The van der Waals surface area contributed by atoms with Gasteiger partial charge >= 0.3 is 0 Å². The number of aryl methyl sites for hydroxylation is 5. The van der Waals surface area contributed by atoms with Crippen molar-refractivity contribution in [2.24, 2.45) is 0 Å². The third kappa shape index (κ3) is 4.74. The summed E-state index contributed by atoms with van der Waals surface area (Å²) in [6.45, 7) is 10.3. The number of rotatable bonds is 8. The Bertz CT molecular complexity index is 1270. The number of aromatic nitrogens is 4. The predicted octanol–water partition coefficient (Wildman–Crippen LogP) is 3.94. The number of hydrogen-bond acceptors (Lipinski definition) is 6. The van der Waals surface area contributed by atoms with E-state index in [-0.39, 0.29) is 12.5 Å². The maximum absolute atomic E-state index is 12.3. The van der Waals surface area contributed by atoms with Crippen molar-refractivity contribution in [1.82, 2.24) is 25.2 Å². The lowest BCUT2D eigenvalue weighted by Crippen LogP contribution is -2.30. The van der Waals surface area contributed by atoms with Gasteiger partial charge in [-0.1, -0.05) is 29.8 Å².